The monoisotopic (exact) mass is 366 g/mol. The third-order valence-corrected chi connectivity index (χ3v) is 3.02. The fourth-order valence-electron chi connectivity index (χ4n) is 1.87. The maximum absolute atomic E-state index is 12.0. The molecule has 0 spiro atoms. The number of carboxylic acids is 1. The molecule has 0 saturated heterocycles. The Morgan fingerprint density at radius 2 is 1.88 bits per heavy atom. The molecule has 1 atom stereocenters. The standard InChI is InChI=1S/C15H20F2N2O4.ClH/c1-2-3-12(14(21)22)18-9-13(20)19-8-10-4-6-11(7-5-10)23-15(16)17;/h4-7,12,15,18H,2-3,8-9H2,1H3,(H,19,20)(H,21,22);1H. The Balaban J connectivity index is 0.00000529. The van der Waals surface area contributed by atoms with Crippen molar-refractivity contribution in [3.05, 3.63) is 29.8 Å². The van der Waals surface area contributed by atoms with Crippen molar-refractivity contribution in [3.8, 4) is 5.75 Å². The minimum Gasteiger partial charge on any atom is -0.480 e. The zero-order valence-electron chi connectivity index (χ0n) is 13.1. The largest absolute Gasteiger partial charge is 0.480 e. The molecular formula is C15H21ClF2N2O4. The lowest BCUT2D eigenvalue weighted by Gasteiger charge is -2.13. The van der Waals surface area contributed by atoms with Gasteiger partial charge in [0.25, 0.3) is 0 Å². The second-order valence-electron chi connectivity index (χ2n) is 4.86. The molecule has 1 unspecified atom stereocenters. The van der Waals surface area contributed by atoms with Crippen LogP contribution in [0.15, 0.2) is 24.3 Å². The van der Waals surface area contributed by atoms with Crippen molar-refractivity contribution in [3.63, 3.8) is 0 Å². The Kier molecular flexibility index (Phi) is 10.7. The van der Waals surface area contributed by atoms with E-state index in [1.165, 1.54) is 12.1 Å². The van der Waals surface area contributed by atoms with E-state index < -0.39 is 18.6 Å². The van der Waals surface area contributed by atoms with Crippen LogP contribution in [-0.2, 0) is 16.1 Å². The number of rotatable bonds is 10. The summed E-state index contributed by atoms with van der Waals surface area (Å²) < 4.78 is 28.2. The molecule has 1 amide bonds. The van der Waals surface area contributed by atoms with Crippen molar-refractivity contribution >= 4 is 24.3 Å². The lowest BCUT2D eigenvalue weighted by Crippen LogP contribution is -2.42. The maximum atomic E-state index is 12.0. The number of hydrogen-bond donors (Lipinski definition) is 3. The summed E-state index contributed by atoms with van der Waals surface area (Å²) in [5.41, 5.74) is 0.711. The first-order valence-corrected chi connectivity index (χ1v) is 7.19. The number of carbonyl (C=O) groups is 2. The molecule has 0 aliphatic carbocycles. The van der Waals surface area contributed by atoms with Gasteiger partial charge in [-0.3, -0.25) is 14.9 Å². The van der Waals surface area contributed by atoms with Gasteiger partial charge < -0.3 is 15.2 Å². The second kappa shape index (κ2) is 11.6. The molecule has 3 N–H and O–H groups in total. The Bertz CT molecular complexity index is 515. The van der Waals surface area contributed by atoms with Crippen LogP contribution in [0.2, 0.25) is 0 Å². The summed E-state index contributed by atoms with van der Waals surface area (Å²) >= 11 is 0. The SMILES string of the molecule is CCCC(NCC(=O)NCc1ccc(OC(F)F)cc1)C(=O)O.Cl. The number of nitrogens with one attached hydrogen (secondary N) is 2. The topological polar surface area (TPSA) is 87.7 Å². The quantitative estimate of drug-likeness (QED) is 0.590. The van der Waals surface area contributed by atoms with E-state index in [4.69, 9.17) is 5.11 Å². The fraction of sp³-hybridized carbons (Fsp3) is 0.467. The van der Waals surface area contributed by atoms with Crippen LogP contribution < -0.4 is 15.4 Å². The van der Waals surface area contributed by atoms with Crippen LogP contribution in [0.1, 0.15) is 25.3 Å². The van der Waals surface area contributed by atoms with Gasteiger partial charge in [0.15, 0.2) is 0 Å². The van der Waals surface area contributed by atoms with Gasteiger partial charge in [0.1, 0.15) is 11.8 Å². The van der Waals surface area contributed by atoms with Gasteiger partial charge in [-0.25, -0.2) is 0 Å². The number of benzene rings is 1. The summed E-state index contributed by atoms with van der Waals surface area (Å²) in [6.45, 7) is -0.916. The third-order valence-electron chi connectivity index (χ3n) is 3.02. The molecule has 24 heavy (non-hydrogen) atoms. The van der Waals surface area contributed by atoms with Gasteiger partial charge >= 0.3 is 12.6 Å². The molecule has 136 valence electrons. The van der Waals surface area contributed by atoms with E-state index in [1.54, 1.807) is 12.1 Å². The highest BCUT2D eigenvalue weighted by atomic mass is 35.5. The second-order valence-corrected chi connectivity index (χ2v) is 4.86. The molecule has 0 heterocycles. The summed E-state index contributed by atoms with van der Waals surface area (Å²) in [5, 5.41) is 14.2. The van der Waals surface area contributed by atoms with Gasteiger partial charge in [0, 0.05) is 6.54 Å². The average Bonchev–Trinajstić information content (AvgIpc) is 2.50. The van der Waals surface area contributed by atoms with E-state index in [-0.39, 0.29) is 37.2 Å². The third kappa shape index (κ3) is 8.64. The number of hydrogen-bond acceptors (Lipinski definition) is 4. The number of ether oxygens (including phenoxy) is 1. The minimum atomic E-state index is -2.88. The van der Waals surface area contributed by atoms with Gasteiger partial charge in [-0.15, -0.1) is 12.4 Å². The molecule has 0 aliphatic heterocycles. The number of carbonyl (C=O) groups excluding carboxylic acids is 1. The minimum absolute atomic E-state index is 0. The maximum Gasteiger partial charge on any atom is 0.387 e. The predicted molar refractivity (Wildman–Crippen MR) is 86.5 cm³/mol. The highest BCUT2D eigenvalue weighted by Gasteiger charge is 2.16. The molecule has 1 rings (SSSR count). The van der Waals surface area contributed by atoms with Gasteiger partial charge in [-0.05, 0) is 24.1 Å². The zero-order chi connectivity index (χ0) is 17.2. The van der Waals surface area contributed by atoms with Crippen molar-refractivity contribution in [2.24, 2.45) is 0 Å². The Morgan fingerprint density at radius 1 is 1.25 bits per heavy atom. The van der Waals surface area contributed by atoms with Crippen molar-refractivity contribution in [1.29, 1.82) is 0 Å². The molecule has 0 aliphatic rings. The van der Waals surface area contributed by atoms with E-state index >= 15 is 0 Å². The lowest BCUT2D eigenvalue weighted by molar-refractivity contribution is -0.139. The van der Waals surface area contributed by atoms with Crippen molar-refractivity contribution in [2.45, 2.75) is 39.0 Å². The van der Waals surface area contributed by atoms with E-state index in [9.17, 15) is 18.4 Å². The first kappa shape index (κ1) is 22.1. The number of halogens is 3. The smallest absolute Gasteiger partial charge is 0.387 e. The Hall–Kier alpha value is -1.93. The predicted octanol–water partition coefficient (Wildman–Crippen LogP) is 2.17. The normalized spacial score (nSPS) is 11.5. The van der Waals surface area contributed by atoms with Gasteiger partial charge in [-0.2, -0.15) is 8.78 Å². The molecule has 1 aromatic rings. The molecule has 9 heteroatoms. The average molecular weight is 367 g/mol. The number of amides is 1. The molecule has 0 aromatic heterocycles. The summed E-state index contributed by atoms with van der Waals surface area (Å²) in [7, 11) is 0. The fourth-order valence-corrected chi connectivity index (χ4v) is 1.87. The highest BCUT2D eigenvalue weighted by Crippen LogP contribution is 2.14. The summed E-state index contributed by atoms with van der Waals surface area (Å²) in [4.78, 5) is 22.6. The van der Waals surface area contributed by atoms with Crippen LogP contribution in [-0.4, -0.2) is 36.2 Å². The number of carboxylic acid groups (broad SMARTS) is 1. The Morgan fingerprint density at radius 3 is 2.38 bits per heavy atom. The van der Waals surface area contributed by atoms with Gasteiger partial charge in [0.2, 0.25) is 5.91 Å². The Labute approximate surface area is 145 Å². The summed E-state index contributed by atoms with van der Waals surface area (Å²) in [5.74, 6) is -1.30. The lowest BCUT2D eigenvalue weighted by atomic mass is 10.1. The first-order valence-electron chi connectivity index (χ1n) is 7.19. The van der Waals surface area contributed by atoms with Crippen molar-refractivity contribution in [2.75, 3.05) is 6.54 Å². The van der Waals surface area contributed by atoms with Gasteiger partial charge in [0.05, 0.1) is 6.54 Å². The van der Waals surface area contributed by atoms with Crippen LogP contribution in [0.25, 0.3) is 0 Å². The van der Waals surface area contributed by atoms with Gasteiger partial charge in [-0.1, -0.05) is 25.5 Å². The van der Waals surface area contributed by atoms with Crippen LogP contribution in [0.5, 0.6) is 5.75 Å². The number of aliphatic carboxylic acids is 1. The highest BCUT2D eigenvalue weighted by molar-refractivity contribution is 5.85. The van der Waals surface area contributed by atoms with Crippen LogP contribution >= 0.6 is 12.4 Å². The molecule has 0 radical (unpaired) electrons. The zero-order valence-corrected chi connectivity index (χ0v) is 13.9. The van der Waals surface area contributed by atoms with Crippen molar-refractivity contribution < 1.29 is 28.2 Å². The molecule has 0 bridgehead atoms. The van der Waals surface area contributed by atoms with E-state index in [0.717, 1.165) is 0 Å². The van der Waals surface area contributed by atoms with Crippen LogP contribution in [0.4, 0.5) is 8.78 Å². The molecule has 1 aromatic carbocycles. The molecule has 6 nitrogen and oxygen atoms in total. The summed E-state index contributed by atoms with van der Waals surface area (Å²) in [6.07, 6.45) is 1.13. The van der Waals surface area contributed by atoms with E-state index in [2.05, 4.69) is 15.4 Å². The molecule has 0 fully saturated rings. The van der Waals surface area contributed by atoms with Crippen molar-refractivity contribution in [1.82, 2.24) is 10.6 Å². The van der Waals surface area contributed by atoms with E-state index in [1.807, 2.05) is 6.92 Å². The number of alkyl halides is 2. The first-order chi connectivity index (χ1) is 10.9. The summed E-state index contributed by atoms with van der Waals surface area (Å²) in [6, 6.07) is 5.13. The van der Waals surface area contributed by atoms with Crippen LogP contribution in [0, 0.1) is 0 Å². The molecular weight excluding hydrogens is 346 g/mol. The van der Waals surface area contributed by atoms with Crippen LogP contribution in [0.3, 0.4) is 0 Å². The van der Waals surface area contributed by atoms with E-state index in [0.29, 0.717) is 18.4 Å². The molecule has 0 saturated carbocycles.